The van der Waals surface area contributed by atoms with Gasteiger partial charge in [0.25, 0.3) is 5.91 Å². The van der Waals surface area contributed by atoms with Crippen molar-refractivity contribution in [3.8, 4) is 5.75 Å². The second-order valence-corrected chi connectivity index (χ2v) is 8.50. The van der Waals surface area contributed by atoms with Gasteiger partial charge in [0.1, 0.15) is 29.8 Å². The molecule has 1 saturated carbocycles. The minimum atomic E-state index is -4.87. The average Bonchev–Trinajstić information content (AvgIpc) is 3.33. The summed E-state index contributed by atoms with van der Waals surface area (Å²) >= 11 is 0. The van der Waals surface area contributed by atoms with Crippen molar-refractivity contribution in [2.45, 2.75) is 49.7 Å². The highest BCUT2D eigenvalue weighted by atomic mass is 19.4. The maximum atomic E-state index is 13.3. The molecule has 2 amide bonds. The molecule has 2 aromatic rings. The number of ether oxygens (including phenoxy) is 2. The molecule has 2 aromatic carbocycles. The molecule has 3 atom stereocenters. The molecule has 2 aliphatic rings. The van der Waals surface area contributed by atoms with Crippen LogP contribution in [0.5, 0.6) is 5.75 Å². The van der Waals surface area contributed by atoms with Gasteiger partial charge in [-0.2, -0.15) is 0 Å². The number of halogens is 4. The minimum Gasteiger partial charge on any atom is -0.406 e. The molecule has 0 radical (unpaired) electrons. The first kappa shape index (κ1) is 24.6. The van der Waals surface area contributed by atoms with Gasteiger partial charge in [-0.1, -0.05) is 12.1 Å². The summed E-state index contributed by atoms with van der Waals surface area (Å²) < 4.78 is 59.8. The number of amides is 2. The van der Waals surface area contributed by atoms with Crippen LogP contribution in [0.1, 0.15) is 35.2 Å². The molecule has 1 aliphatic carbocycles. The average molecular weight is 494 g/mol. The fourth-order valence-electron chi connectivity index (χ4n) is 4.46. The summed E-state index contributed by atoms with van der Waals surface area (Å²) in [5.74, 6) is -2.55. The number of carbonyl (C=O) groups is 3. The summed E-state index contributed by atoms with van der Waals surface area (Å²) in [7, 11) is 0. The third-order valence-corrected chi connectivity index (χ3v) is 6.17. The number of ketones is 1. The predicted molar refractivity (Wildman–Crippen MR) is 114 cm³/mol. The molecule has 186 valence electrons. The molecule has 7 nitrogen and oxygen atoms in total. The lowest BCUT2D eigenvalue weighted by molar-refractivity contribution is -0.274. The zero-order chi connectivity index (χ0) is 25.2. The first-order chi connectivity index (χ1) is 16.6. The van der Waals surface area contributed by atoms with Gasteiger partial charge < -0.3 is 20.1 Å². The second kappa shape index (κ2) is 9.65. The monoisotopic (exact) mass is 494 g/mol. The number of fused-ring (bicyclic) bond motifs is 1. The van der Waals surface area contributed by atoms with E-state index in [2.05, 4.69) is 15.4 Å². The Balaban J connectivity index is 1.52. The number of Topliss-reactive ketones (excluding diaryl/α,β-unsaturated/α-hetero) is 1. The summed E-state index contributed by atoms with van der Waals surface area (Å²) in [5, 5.41) is 5.35. The molecular weight excluding hydrogens is 472 g/mol. The van der Waals surface area contributed by atoms with E-state index in [1.807, 2.05) is 0 Å². The number of benzene rings is 2. The Morgan fingerprint density at radius 1 is 1.11 bits per heavy atom. The van der Waals surface area contributed by atoms with Gasteiger partial charge in [0.05, 0.1) is 6.10 Å². The van der Waals surface area contributed by atoms with Gasteiger partial charge in [-0.05, 0) is 61.2 Å². The van der Waals surface area contributed by atoms with Crippen LogP contribution in [0, 0.1) is 5.82 Å². The number of carbonyl (C=O) groups excluding carboxylic acids is 3. The lowest BCUT2D eigenvalue weighted by Crippen LogP contribution is -2.60. The van der Waals surface area contributed by atoms with Gasteiger partial charge in [-0.3, -0.25) is 14.4 Å². The molecule has 1 saturated heterocycles. The molecule has 1 aliphatic heterocycles. The van der Waals surface area contributed by atoms with Gasteiger partial charge in [0.2, 0.25) is 5.91 Å². The van der Waals surface area contributed by atoms with Crippen molar-refractivity contribution in [2.75, 3.05) is 6.61 Å². The molecule has 3 unspecified atom stereocenters. The van der Waals surface area contributed by atoms with E-state index in [1.54, 1.807) is 0 Å². The van der Waals surface area contributed by atoms with Crippen LogP contribution in [-0.4, -0.2) is 48.3 Å². The van der Waals surface area contributed by atoms with Crippen molar-refractivity contribution in [2.24, 2.45) is 0 Å². The molecule has 0 spiro atoms. The predicted octanol–water partition coefficient (Wildman–Crippen LogP) is 3.07. The van der Waals surface area contributed by atoms with Gasteiger partial charge >= 0.3 is 6.36 Å². The van der Waals surface area contributed by atoms with E-state index in [4.69, 9.17) is 4.74 Å². The molecule has 2 fully saturated rings. The first-order valence-corrected chi connectivity index (χ1v) is 10.9. The highest BCUT2D eigenvalue weighted by Gasteiger charge is 2.55. The SMILES string of the molecule is O=C(NC(Cc1ccc(F)cc1)C(=O)NC12CCCC1OCC2=O)c1ccc(OC(F)(F)F)cc1. The van der Waals surface area contributed by atoms with Gasteiger partial charge in [0.15, 0.2) is 5.78 Å². The van der Waals surface area contributed by atoms with Gasteiger partial charge in [-0.15, -0.1) is 13.2 Å². The van der Waals surface area contributed by atoms with Crippen molar-refractivity contribution in [3.05, 3.63) is 65.5 Å². The Labute approximate surface area is 197 Å². The Morgan fingerprint density at radius 3 is 2.46 bits per heavy atom. The van der Waals surface area contributed by atoms with Crippen molar-refractivity contribution in [1.29, 1.82) is 0 Å². The highest BCUT2D eigenvalue weighted by Crippen LogP contribution is 2.38. The van der Waals surface area contributed by atoms with Crippen LogP contribution < -0.4 is 15.4 Å². The molecule has 0 bridgehead atoms. The van der Waals surface area contributed by atoms with E-state index in [0.29, 0.717) is 24.8 Å². The molecule has 4 rings (SSSR count). The van der Waals surface area contributed by atoms with Gasteiger partial charge in [-0.25, -0.2) is 4.39 Å². The largest absolute Gasteiger partial charge is 0.573 e. The standard InChI is InChI=1S/C24H22F4N2O5/c25-16-7-3-14(4-8-16)12-18(22(33)30-23-11-1-2-20(23)34-13-19(23)31)29-21(32)15-5-9-17(10-6-15)35-24(26,27)28/h3-10,18,20H,1-2,11-13H2,(H,29,32)(H,30,33). The van der Waals surface area contributed by atoms with Crippen LogP contribution in [0.15, 0.2) is 48.5 Å². The first-order valence-electron chi connectivity index (χ1n) is 10.9. The Kier molecular flexibility index (Phi) is 6.79. The van der Waals surface area contributed by atoms with E-state index in [1.165, 1.54) is 24.3 Å². The fourth-order valence-corrected chi connectivity index (χ4v) is 4.46. The quantitative estimate of drug-likeness (QED) is 0.578. The molecule has 1 heterocycles. The highest BCUT2D eigenvalue weighted by molar-refractivity contribution is 6.00. The van der Waals surface area contributed by atoms with Crippen molar-refractivity contribution in [3.63, 3.8) is 0 Å². The summed E-state index contributed by atoms with van der Waals surface area (Å²) in [6, 6.07) is 8.42. The van der Waals surface area contributed by atoms with Crippen LogP contribution in [0.3, 0.4) is 0 Å². The van der Waals surface area contributed by atoms with E-state index in [-0.39, 0.29) is 24.4 Å². The van der Waals surface area contributed by atoms with Crippen LogP contribution in [0.25, 0.3) is 0 Å². The molecule has 35 heavy (non-hydrogen) atoms. The number of hydrogen-bond donors (Lipinski definition) is 2. The van der Waals surface area contributed by atoms with E-state index in [0.717, 1.165) is 24.3 Å². The summed E-state index contributed by atoms with van der Waals surface area (Å²) in [4.78, 5) is 38.6. The van der Waals surface area contributed by atoms with Crippen molar-refractivity contribution < 1.29 is 41.4 Å². The third-order valence-electron chi connectivity index (χ3n) is 6.17. The Morgan fingerprint density at radius 2 is 1.80 bits per heavy atom. The second-order valence-electron chi connectivity index (χ2n) is 8.50. The maximum absolute atomic E-state index is 13.3. The smallest absolute Gasteiger partial charge is 0.406 e. The van der Waals surface area contributed by atoms with E-state index >= 15 is 0 Å². The fraction of sp³-hybridized carbons (Fsp3) is 0.375. The molecular formula is C24H22F4N2O5. The summed E-state index contributed by atoms with van der Waals surface area (Å²) in [6.45, 7) is -0.105. The lowest BCUT2D eigenvalue weighted by Gasteiger charge is -2.30. The zero-order valence-electron chi connectivity index (χ0n) is 18.4. The maximum Gasteiger partial charge on any atom is 0.573 e. The molecule has 0 aromatic heterocycles. The Hall–Kier alpha value is -3.47. The van der Waals surface area contributed by atoms with Crippen molar-refractivity contribution >= 4 is 17.6 Å². The van der Waals surface area contributed by atoms with Crippen LogP contribution in [0.2, 0.25) is 0 Å². The van der Waals surface area contributed by atoms with E-state index in [9.17, 15) is 31.9 Å². The third kappa shape index (κ3) is 5.61. The molecule has 11 heteroatoms. The topological polar surface area (TPSA) is 93.7 Å². The summed E-state index contributed by atoms with van der Waals surface area (Å²) in [6.07, 6.45) is -3.60. The normalized spacial score (nSPS) is 22.4. The molecule has 2 N–H and O–H groups in total. The van der Waals surface area contributed by atoms with Crippen LogP contribution in [-0.2, 0) is 20.7 Å². The number of alkyl halides is 3. The van der Waals surface area contributed by atoms with Crippen LogP contribution >= 0.6 is 0 Å². The number of hydrogen-bond acceptors (Lipinski definition) is 5. The lowest BCUT2D eigenvalue weighted by atomic mass is 9.91. The van der Waals surface area contributed by atoms with Gasteiger partial charge in [0, 0.05) is 12.0 Å². The van der Waals surface area contributed by atoms with E-state index < -0.39 is 47.4 Å². The van der Waals surface area contributed by atoms with Crippen molar-refractivity contribution in [1.82, 2.24) is 10.6 Å². The van der Waals surface area contributed by atoms with Crippen LogP contribution in [0.4, 0.5) is 17.6 Å². The number of nitrogens with one attached hydrogen (secondary N) is 2. The number of rotatable bonds is 7. The Bertz CT molecular complexity index is 1100. The summed E-state index contributed by atoms with van der Waals surface area (Å²) in [5.41, 5.74) is -0.608. The minimum absolute atomic E-state index is 0.00591. The zero-order valence-corrected chi connectivity index (χ0v) is 18.4.